The second kappa shape index (κ2) is 8.41. The van der Waals surface area contributed by atoms with Gasteiger partial charge in [0.25, 0.3) is 0 Å². The van der Waals surface area contributed by atoms with E-state index in [1.54, 1.807) is 6.20 Å². The van der Waals surface area contributed by atoms with E-state index < -0.39 is 12.2 Å². The van der Waals surface area contributed by atoms with E-state index in [4.69, 9.17) is 33.9 Å². The molecular weight excluding hydrogens is 424 g/mol. The molecular formula is C19H21Cl3FN5. The van der Waals surface area contributed by atoms with Gasteiger partial charge in [-0.05, 0) is 43.7 Å². The van der Waals surface area contributed by atoms with Gasteiger partial charge in [-0.1, -0.05) is 23.2 Å². The van der Waals surface area contributed by atoms with Gasteiger partial charge in [0.15, 0.2) is 0 Å². The zero-order valence-electron chi connectivity index (χ0n) is 15.2. The van der Waals surface area contributed by atoms with Crippen LogP contribution in [0.1, 0.15) is 25.1 Å². The number of imidazole rings is 1. The molecule has 3 heterocycles. The Kier molecular flexibility index (Phi) is 6.34. The number of alkyl halides is 1. The standard InChI is InChI=1S/C19H20Cl2FN5.ClH/c1-11(16-4-2-13(21)9-24-16)27-18-5-3-12(20)8-17(18)25-19(27)26-7-6-14(22)15(23)10-26;/h2-5,8-9,11,14-15H,6-7,10,23H2,1H3;1H/t11?,14?,15-;/m1./s1. The number of nitrogens with zero attached hydrogens (tertiary/aromatic N) is 4. The quantitative estimate of drug-likeness (QED) is 0.639. The van der Waals surface area contributed by atoms with Crippen molar-refractivity contribution in [3.63, 3.8) is 0 Å². The van der Waals surface area contributed by atoms with Crippen LogP contribution in [0.5, 0.6) is 0 Å². The van der Waals surface area contributed by atoms with E-state index in [0.717, 1.165) is 22.7 Å². The molecule has 0 saturated carbocycles. The number of halogens is 4. The first-order valence-corrected chi connectivity index (χ1v) is 9.63. The molecule has 0 spiro atoms. The Labute approximate surface area is 179 Å². The summed E-state index contributed by atoms with van der Waals surface area (Å²) in [5, 5.41) is 1.21. The first-order valence-electron chi connectivity index (χ1n) is 8.87. The van der Waals surface area contributed by atoms with Crippen LogP contribution in [0, 0.1) is 0 Å². The summed E-state index contributed by atoms with van der Waals surface area (Å²) in [7, 11) is 0. The van der Waals surface area contributed by atoms with Crippen LogP contribution in [0.15, 0.2) is 36.5 Å². The summed E-state index contributed by atoms with van der Waals surface area (Å²) in [5.74, 6) is 0.749. The normalized spacial score (nSPS) is 20.8. The van der Waals surface area contributed by atoms with Crippen molar-refractivity contribution in [3.8, 4) is 0 Å². The Hall–Kier alpha value is -1.60. The van der Waals surface area contributed by atoms with Crippen LogP contribution in [0.4, 0.5) is 10.3 Å². The molecule has 0 radical (unpaired) electrons. The van der Waals surface area contributed by atoms with Crippen molar-refractivity contribution >= 4 is 52.6 Å². The topological polar surface area (TPSA) is 60.0 Å². The highest BCUT2D eigenvalue weighted by molar-refractivity contribution is 6.31. The molecule has 1 aliphatic rings. The molecule has 0 aliphatic carbocycles. The van der Waals surface area contributed by atoms with E-state index in [2.05, 4.69) is 16.5 Å². The van der Waals surface area contributed by atoms with Crippen LogP contribution in [-0.2, 0) is 0 Å². The SMILES string of the molecule is CC(c1ccc(Cl)cn1)n1c(N2CCC(F)[C@H](N)C2)nc2cc(Cl)ccc21.Cl. The molecule has 9 heteroatoms. The molecule has 1 aromatic carbocycles. The van der Waals surface area contributed by atoms with Crippen LogP contribution in [0.25, 0.3) is 11.0 Å². The second-order valence-electron chi connectivity index (χ2n) is 6.91. The average molecular weight is 445 g/mol. The lowest BCUT2D eigenvalue weighted by Crippen LogP contribution is -2.50. The molecule has 1 fully saturated rings. The molecule has 150 valence electrons. The number of hydrogen-bond donors (Lipinski definition) is 1. The van der Waals surface area contributed by atoms with E-state index in [1.807, 2.05) is 35.2 Å². The highest BCUT2D eigenvalue weighted by atomic mass is 35.5. The van der Waals surface area contributed by atoms with Gasteiger partial charge in [0.2, 0.25) is 5.95 Å². The first kappa shape index (κ1) is 21.1. The number of benzene rings is 1. The minimum absolute atomic E-state index is 0. The highest BCUT2D eigenvalue weighted by Gasteiger charge is 2.30. The fraction of sp³-hybridized carbons (Fsp3) is 0.368. The summed E-state index contributed by atoms with van der Waals surface area (Å²) in [6.07, 6.45) is 1.04. The number of rotatable bonds is 3. The predicted molar refractivity (Wildman–Crippen MR) is 115 cm³/mol. The lowest BCUT2D eigenvalue weighted by Gasteiger charge is -2.34. The van der Waals surface area contributed by atoms with Crippen LogP contribution in [-0.4, -0.2) is 39.8 Å². The summed E-state index contributed by atoms with van der Waals surface area (Å²) in [5.41, 5.74) is 8.56. The number of anilines is 1. The lowest BCUT2D eigenvalue weighted by molar-refractivity contribution is 0.243. The summed E-state index contributed by atoms with van der Waals surface area (Å²) < 4.78 is 16.0. The van der Waals surface area contributed by atoms with Crippen molar-refractivity contribution in [1.29, 1.82) is 0 Å². The predicted octanol–water partition coefficient (Wildman–Crippen LogP) is 4.64. The van der Waals surface area contributed by atoms with Gasteiger partial charge in [-0.25, -0.2) is 9.37 Å². The van der Waals surface area contributed by atoms with Crippen molar-refractivity contribution in [2.24, 2.45) is 5.73 Å². The summed E-state index contributed by atoms with van der Waals surface area (Å²) in [4.78, 5) is 11.3. The Morgan fingerprint density at radius 2 is 1.96 bits per heavy atom. The van der Waals surface area contributed by atoms with Crippen molar-refractivity contribution in [3.05, 3.63) is 52.3 Å². The van der Waals surface area contributed by atoms with Crippen LogP contribution < -0.4 is 10.6 Å². The van der Waals surface area contributed by atoms with Gasteiger partial charge in [0, 0.05) is 24.3 Å². The lowest BCUT2D eigenvalue weighted by atomic mass is 10.1. The third-order valence-corrected chi connectivity index (χ3v) is 5.51. The molecule has 1 saturated heterocycles. The molecule has 3 aromatic rings. The highest BCUT2D eigenvalue weighted by Crippen LogP contribution is 2.32. The number of fused-ring (bicyclic) bond motifs is 1. The van der Waals surface area contributed by atoms with Gasteiger partial charge in [-0.3, -0.25) is 4.98 Å². The van der Waals surface area contributed by atoms with Crippen molar-refractivity contribution in [2.75, 3.05) is 18.0 Å². The fourth-order valence-corrected chi connectivity index (χ4v) is 3.84. The third-order valence-electron chi connectivity index (χ3n) is 5.05. The molecule has 2 unspecified atom stereocenters. The minimum atomic E-state index is -0.983. The average Bonchev–Trinajstić information content (AvgIpc) is 3.02. The Morgan fingerprint density at radius 3 is 2.64 bits per heavy atom. The van der Waals surface area contributed by atoms with E-state index in [9.17, 15) is 4.39 Å². The maximum absolute atomic E-state index is 13.9. The number of hydrogen-bond acceptors (Lipinski definition) is 4. The monoisotopic (exact) mass is 443 g/mol. The van der Waals surface area contributed by atoms with Crippen LogP contribution >= 0.6 is 35.6 Å². The van der Waals surface area contributed by atoms with Gasteiger partial charge in [-0.15, -0.1) is 12.4 Å². The van der Waals surface area contributed by atoms with Gasteiger partial charge < -0.3 is 15.2 Å². The molecule has 0 bridgehead atoms. The number of piperidine rings is 1. The smallest absolute Gasteiger partial charge is 0.207 e. The van der Waals surface area contributed by atoms with Crippen LogP contribution in [0.3, 0.4) is 0 Å². The van der Waals surface area contributed by atoms with Gasteiger partial charge >= 0.3 is 0 Å². The minimum Gasteiger partial charge on any atom is -0.340 e. The van der Waals surface area contributed by atoms with E-state index in [-0.39, 0.29) is 18.4 Å². The fourth-order valence-electron chi connectivity index (χ4n) is 3.57. The van der Waals surface area contributed by atoms with Gasteiger partial charge in [-0.2, -0.15) is 0 Å². The maximum atomic E-state index is 13.9. The third kappa shape index (κ3) is 3.92. The second-order valence-corrected chi connectivity index (χ2v) is 7.78. The van der Waals surface area contributed by atoms with Gasteiger partial charge in [0.1, 0.15) is 6.17 Å². The van der Waals surface area contributed by atoms with Gasteiger partial charge in [0.05, 0.1) is 33.8 Å². The zero-order valence-corrected chi connectivity index (χ0v) is 17.6. The molecule has 2 N–H and O–H groups in total. The summed E-state index contributed by atoms with van der Waals surface area (Å²) >= 11 is 12.1. The number of aromatic nitrogens is 3. The summed E-state index contributed by atoms with van der Waals surface area (Å²) in [6.45, 7) is 3.03. The molecule has 0 amide bonds. The molecule has 3 atom stereocenters. The maximum Gasteiger partial charge on any atom is 0.207 e. The number of pyridine rings is 1. The molecule has 2 aromatic heterocycles. The molecule has 28 heavy (non-hydrogen) atoms. The van der Waals surface area contributed by atoms with Crippen LogP contribution in [0.2, 0.25) is 10.0 Å². The molecule has 4 rings (SSSR count). The van der Waals surface area contributed by atoms with E-state index >= 15 is 0 Å². The molecule has 1 aliphatic heterocycles. The number of nitrogens with two attached hydrogens (primary N) is 1. The van der Waals surface area contributed by atoms with Crippen molar-refractivity contribution in [2.45, 2.75) is 31.6 Å². The summed E-state index contributed by atoms with van der Waals surface area (Å²) in [6, 6.07) is 8.72. The van der Waals surface area contributed by atoms with E-state index in [1.165, 1.54) is 0 Å². The Bertz CT molecular complexity index is 962. The zero-order chi connectivity index (χ0) is 19.1. The Balaban J connectivity index is 0.00000225. The molecule has 5 nitrogen and oxygen atoms in total. The van der Waals surface area contributed by atoms with Crippen molar-refractivity contribution < 1.29 is 4.39 Å². The van der Waals surface area contributed by atoms with E-state index in [0.29, 0.717) is 29.6 Å². The largest absolute Gasteiger partial charge is 0.340 e. The first-order chi connectivity index (χ1) is 12.9. The Morgan fingerprint density at radius 1 is 1.21 bits per heavy atom. The van der Waals surface area contributed by atoms with Crippen molar-refractivity contribution in [1.82, 2.24) is 14.5 Å².